The zero-order chi connectivity index (χ0) is 15.0. The first kappa shape index (κ1) is 13.8. The Balaban J connectivity index is 2.02. The molecule has 6 nitrogen and oxygen atoms in total. The van der Waals surface area contributed by atoms with E-state index in [1.807, 2.05) is 13.0 Å². The van der Waals surface area contributed by atoms with Gasteiger partial charge in [-0.25, -0.2) is 0 Å². The number of aromatic nitrogens is 1. The molecule has 2 N–H and O–H groups in total. The topological polar surface area (TPSA) is 91.3 Å². The Morgan fingerprint density at radius 2 is 2.19 bits per heavy atom. The Bertz CT molecular complexity index is 702. The molecule has 1 aromatic carbocycles. The van der Waals surface area contributed by atoms with Crippen LogP contribution in [-0.4, -0.2) is 22.1 Å². The van der Waals surface area contributed by atoms with Crippen molar-refractivity contribution in [2.75, 3.05) is 0 Å². The fourth-order valence-corrected chi connectivity index (χ4v) is 2.78. The number of hydrogen-bond donors (Lipinski definition) is 1. The minimum Gasteiger partial charge on any atom is -0.490 e. The molecule has 0 bridgehead atoms. The standard InChI is InChI=1S/C15H17N3O3/c1-9-6-15(21-12-4-2-10(16)7-12)13-8-11(18(19)20)3-5-14(13)17-9/h3,5-6,8,10,12H,2,4,7,16H2,1H3. The van der Waals surface area contributed by atoms with E-state index < -0.39 is 4.92 Å². The number of fused-ring (bicyclic) bond motifs is 1. The Morgan fingerprint density at radius 3 is 2.86 bits per heavy atom. The summed E-state index contributed by atoms with van der Waals surface area (Å²) < 4.78 is 6.03. The van der Waals surface area contributed by atoms with Gasteiger partial charge in [-0.3, -0.25) is 15.1 Å². The third-order valence-electron chi connectivity index (χ3n) is 3.81. The van der Waals surface area contributed by atoms with Gasteiger partial charge in [-0.1, -0.05) is 0 Å². The molecule has 3 rings (SSSR count). The highest BCUT2D eigenvalue weighted by Gasteiger charge is 2.24. The van der Waals surface area contributed by atoms with Gasteiger partial charge in [0.1, 0.15) is 11.9 Å². The zero-order valence-corrected chi connectivity index (χ0v) is 11.8. The van der Waals surface area contributed by atoms with Crippen molar-refractivity contribution in [1.82, 2.24) is 4.98 Å². The van der Waals surface area contributed by atoms with Crippen LogP contribution in [0.4, 0.5) is 5.69 Å². The molecule has 2 aromatic rings. The maximum absolute atomic E-state index is 10.9. The van der Waals surface area contributed by atoms with Crippen molar-refractivity contribution >= 4 is 16.6 Å². The number of pyridine rings is 1. The van der Waals surface area contributed by atoms with E-state index in [0.29, 0.717) is 16.7 Å². The third-order valence-corrected chi connectivity index (χ3v) is 3.81. The van der Waals surface area contributed by atoms with E-state index in [-0.39, 0.29) is 17.8 Å². The molecule has 0 radical (unpaired) electrons. The SMILES string of the molecule is Cc1cc(OC2CCC(N)C2)c2cc([N+](=O)[O-])ccc2n1. The molecule has 1 aromatic heterocycles. The molecule has 110 valence electrons. The van der Waals surface area contributed by atoms with E-state index >= 15 is 0 Å². The van der Waals surface area contributed by atoms with Gasteiger partial charge in [-0.05, 0) is 32.3 Å². The fraction of sp³-hybridized carbons (Fsp3) is 0.400. The van der Waals surface area contributed by atoms with Crippen molar-refractivity contribution < 1.29 is 9.66 Å². The molecule has 21 heavy (non-hydrogen) atoms. The van der Waals surface area contributed by atoms with Crippen LogP contribution in [0.2, 0.25) is 0 Å². The monoisotopic (exact) mass is 287 g/mol. The van der Waals surface area contributed by atoms with Crippen LogP contribution in [0, 0.1) is 17.0 Å². The van der Waals surface area contributed by atoms with Crippen LogP contribution >= 0.6 is 0 Å². The summed E-state index contributed by atoms with van der Waals surface area (Å²) in [6.45, 7) is 1.88. The molecular weight excluding hydrogens is 270 g/mol. The van der Waals surface area contributed by atoms with E-state index in [2.05, 4.69) is 4.98 Å². The number of hydrogen-bond acceptors (Lipinski definition) is 5. The second kappa shape index (κ2) is 5.29. The molecule has 0 aliphatic heterocycles. The molecular formula is C15H17N3O3. The van der Waals surface area contributed by atoms with Gasteiger partial charge < -0.3 is 10.5 Å². The van der Waals surface area contributed by atoms with Crippen LogP contribution in [0.3, 0.4) is 0 Å². The van der Waals surface area contributed by atoms with Crippen LogP contribution in [0.5, 0.6) is 5.75 Å². The van der Waals surface area contributed by atoms with E-state index in [1.54, 1.807) is 6.07 Å². The van der Waals surface area contributed by atoms with Crippen molar-refractivity contribution in [2.24, 2.45) is 5.73 Å². The molecule has 1 aliphatic rings. The van der Waals surface area contributed by atoms with Crippen molar-refractivity contribution in [2.45, 2.75) is 38.3 Å². The number of aryl methyl sites for hydroxylation is 1. The highest BCUT2D eigenvalue weighted by atomic mass is 16.6. The number of nitrogens with two attached hydrogens (primary N) is 1. The number of rotatable bonds is 3. The Kier molecular flexibility index (Phi) is 3.47. The average molecular weight is 287 g/mol. The predicted octanol–water partition coefficient (Wildman–Crippen LogP) is 2.71. The number of benzene rings is 1. The maximum atomic E-state index is 10.9. The van der Waals surface area contributed by atoms with Crippen molar-refractivity contribution in [3.05, 3.63) is 40.1 Å². The van der Waals surface area contributed by atoms with Crippen LogP contribution in [0.15, 0.2) is 24.3 Å². The zero-order valence-electron chi connectivity index (χ0n) is 11.8. The van der Waals surface area contributed by atoms with Gasteiger partial charge in [0, 0.05) is 35.3 Å². The quantitative estimate of drug-likeness (QED) is 0.692. The summed E-state index contributed by atoms with van der Waals surface area (Å²) in [5.74, 6) is 0.653. The molecule has 2 unspecified atom stereocenters. The highest BCUT2D eigenvalue weighted by molar-refractivity contribution is 5.87. The van der Waals surface area contributed by atoms with Crippen LogP contribution in [-0.2, 0) is 0 Å². The number of nitro benzene ring substituents is 1. The van der Waals surface area contributed by atoms with Gasteiger partial charge in [0.2, 0.25) is 0 Å². The summed E-state index contributed by atoms with van der Waals surface area (Å²) in [5.41, 5.74) is 7.48. The second-order valence-electron chi connectivity index (χ2n) is 5.53. The van der Waals surface area contributed by atoms with Gasteiger partial charge >= 0.3 is 0 Å². The molecule has 1 heterocycles. The number of nitrogens with zero attached hydrogens (tertiary/aromatic N) is 2. The minimum atomic E-state index is -0.408. The highest BCUT2D eigenvalue weighted by Crippen LogP contribution is 2.32. The van der Waals surface area contributed by atoms with Gasteiger partial charge in [0.25, 0.3) is 5.69 Å². The summed E-state index contributed by atoms with van der Waals surface area (Å²) >= 11 is 0. The smallest absolute Gasteiger partial charge is 0.270 e. The lowest BCUT2D eigenvalue weighted by molar-refractivity contribution is -0.384. The average Bonchev–Trinajstić information content (AvgIpc) is 2.83. The normalized spacial score (nSPS) is 21.6. The summed E-state index contributed by atoms with van der Waals surface area (Å²) in [4.78, 5) is 14.9. The molecule has 1 saturated carbocycles. The molecule has 0 amide bonds. The first-order valence-electron chi connectivity index (χ1n) is 7.01. The van der Waals surface area contributed by atoms with Crippen LogP contribution in [0.25, 0.3) is 10.9 Å². The third kappa shape index (κ3) is 2.80. The van der Waals surface area contributed by atoms with Gasteiger partial charge in [-0.2, -0.15) is 0 Å². The lowest BCUT2D eigenvalue weighted by Gasteiger charge is -2.15. The van der Waals surface area contributed by atoms with Gasteiger partial charge in [0.15, 0.2) is 0 Å². The number of nitro groups is 1. The Hall–Kier alpha value is -2.21. The van der Waals surface area contributed by atoms with E-state index in [1.165, 1.54) is 12.1 Å². The van der Waals surface area contributed by atoms with E-state index in [4.69, 9.17) is 10.5 Å². The predicted molar refractivity (Wildman–Crippen MR) is 79.4 cm³/mol. The lowest BCUT2D eigenvalue weighted by Crippen LogP contribution is -2.19. The first-order chi connectivity index (χ1) is 10.0. The minimum absolute atomic E-state index is 0.0427. The first-order valence-corrected chi connectivity index (χ1v) is 7.01. The summed E-state index contributed by atoms with van der Waals surface area (Å²) in [6, 6.07) is 6.65. The summed E-state index contributed by atoms with van der Waals surface area (Å²) in [7, 11) is 0. The molecule has 2 atom stereocenters. The van der Waals surface area contributed by atoms with Crippen molar-refractivity contribution in [3.8, 4) is 5.75 Å². The fourth-order valence-electron chi connectivity index (χ4n) is 2.78. The van der Waals surface area contributed by atoms with Crippen molar-refractivity contribution in [1.29, 1.82) is 0 Å². The maximum Gasteiger partial charge on any atom is 0.270 e. The number of non-ortho nitro benzene ring substituents is 1. The van der Waals surface area contributed by atoms with Crippen LogP contribution < -0.4 is 10.5 Å². The van der Waals surface area contributed by atoms with E-state index in [9.17, 15) is 10.1 Å². The summed E-state index contributed by atoms with van der Waals surface area (Å²) in [5, 5.41) is 11.6. The van der Waals surface area contributed by atoms with Crippen molar-refractivity contribution in [3.63, 3.8) is 0 Å². The van der Waals surface area contributed by atoms with E-state index in [0.717, 1.165) is 25.0 Å². The lowest BCUT2D eigenvalue weighted by atomic mass is 10.1. The largest absolute Gasteiger partial charge is 0.490 e. The Labute approximate surface area is 122 Å². The molecule has 0 saturated heterocycles. The molecule has 0 spiro atoms. The Morgan fingerprint density at radius 1 is 1.38 bits per heavy atom. The van der Waals surface area contributed by atoms with Crippen LogP contribution in [0.1, 0.15) is 25.0 Å². The second-order valence-corrected chi connectivity index (χ2v) is 5.53. The molecule has 6 heteroatoms. The van der Waals surface area contributed by atoms with Gasteiger partial charge in [-0.15, -0.1) is 0 Å². The molecule has 1 aliphatic carbocycles. The molecule has 1 fully saturated rings. The van der Waals surface area contributed by atoms with Gasteiger partial charge in [0.05, 0.1) is 10.4 Å². The summed E-state index contributed by atoms with van der Waals surface area (Å²) in [6.07, 6.45) is 2.76. The number of ether oxygens (including phenoxy) is 1.